The summed E-state index contributed by atoms with van der Waals surface area (Å²) in [5, 5.41) is 5.40. The summed E-state index contributed by atoms with van der Waals surface area (Å²) in [5.41, 5.74) is -1.90. The van der Waals surface area contributed by atoms with Gasteiger partial charge < -0.3 is 10.6 Å². The van der Waals surface area contributed by atoms with E-state index in [0.717, 1.165) is 22.7 Å². The average molecular weight is 481 g/mol. The van der Waals surface area contributed by atoms with Gasteiger partial charge in [0.1, 0.15) is 17.1 Å². The van der Waals surface area contributed by atoms with Crippen molar-refractivity contribution in [2.75, 3.05) is 18.8 Å². The fraction of sp³-hybridized carbons (Fsp3) is 0.579. The second-order valence-corrected chi connectivity index (χ2v) is 8.60. The summed E-state index contributed by atoms with van der Waals surface area (Å²) in [6, 6.07) is 0.212. The second kappa shape index (κ2) is 10.5. The maximum atomic E-state index is 12.8. The largest absolute Gasteiger partial charge is 0.417 e. The molecule has 7 nitrogen and oxygen atoms in total. The van der Waals surface area contributed by atoms with Gasteiger partial charge in [-0.2, -0.15) is 13.2 Å². The summed E-state index contributed by atoms with van der Waals surface area (Å²) in [5.74, 6) is -0.620. The van der Waals surface area contributed by atoms with Gasteiger partial charge >= 0.3 is 12.2 Å². The van der Waals surface area contributed by atoms with Gasteiger partial charge in [-0.15, -0.1) is 11.8 Å². The first-order chi connectivity index (χ1) is 14.5. The summed E-state index contributed by atoms with van der Waals surface area (Å²) in [4.78, 5) is 41.8. The van der Waals surface area contributed by atoms with Crippen LogP contribution >= 0.6 is 23.4 Å². The SMILES string of the molecule is CCCC1(CCC)NC(=O)N(CC(=O)NCCSc2ncc(C(F)(F)F)cc2Cl)C1=O. The van der Waals surface area contributed by atoms with E-state index in [-0.39, 0.29) is 16.6 Å². The quantitative estimate of drug-likeness (QED) is 0.301. The van der Waals surface area contributed by atoms with Crippen LogP contribution in [0.2, 0.25) is 5.02 Å². The number of amides is 4. The molecular weight excluding hydrogens is 457 g/mol. The van der Waals surface area contributed by atoms with Gasteiger partial charge in [0.2, 0.25) is 5.91 Å². The molecule has 0 aromatic carbocycles. The number of rotatable bonds is 10. The molecule has 0 bridgehead atoms. The molecule has 1 aromatic rings. The molecule has 0 aliphatic carbocycles. The zero-order valence-corrected chi connectivity index (χ0v) is 18.7. The van der Waals surface area contributed by atoms with Gasteiger partial charge in [-0.25, -0.2) is 9.78 Å². The van der Waals surface area contributed by atoms with Crippen LogP contribution in [0.3, 0.4) is 0 Å². The van der Waals surface area contributed by atoms with Crippen molar-refractivity contribution in [1.29, 1.82) is 0 Å². The van der Waals surface area contributed by atoms with Crippen molar-refractivity contribution in [2.45, 2.75) is 56.3 Å². The molecule has 2 N–H and O–H groups in total. The number of halogens is 4. The van der Waals surface area contributed by atoms with E-state index in [4.69, 9.17) is 11.6 Å². The third-order valence-electron chi connectivity index (χ3n) is 4.70. The molecule has 172 valence electrons. The molecular formula is C19H24ClF3N4O3S. The third-order valence-corrected chi connectivity index (χ3v) is 6.11. The van der Waals surface area contributed by atoms with Crippen molar-refractivity contribution in [3.8, 4) is 0 Å². The van der Waals surface area contributed by atoms with E-state index in [1.54, 1.807) is 0 Å². The predicted octanol–water partition coefficient (Wildman–Crippen LogP) is 3.85. The van der Waals surface area contributed by atoms with Crippen LogP contribution in [-0.4, -0.2) is 52.1 Å². The molecule has 0 spiro atoms. The molecule has 4 amide bonds. The lowest BCUT2D eigenvalue weighted by molar-refractivity contribution is -0.138. The summed E-state index contributed by atoms with van der Waals surface area (Å²) in [6.45, 7) is 3.59. The molecule has 1 fully saturated rings. The number of pyridine rings is 1. The van der Waals surface area contributed by atoms with Crippen LogP contribution in [0, 0.1) is 0 Å². The van der Waals surface area contributed by atoms with Gasteiger partial charge in [-0.05, 0) is 18.9 Å². The minimum atomic E-state index is -4.53. The standard InChI is InChI=1S/C19H24ClF3N4O3S/c1-3-5-18(6-4-2)16(29)27(17(30)26-18)11-14(28)24-7-8-31-15-13(20)9-12(10-25-15)19(21,22)23/h9-10H,3-8,11H2,1-2H3,(H,24,28)(H,26,30). The summed E-state index contributed by atoms with van der Waals surface area (Å²) < 4.78 is 37.9. The molecule has 0 atom stereocenters. The maximum absolute atomic E-state index is 12.8. The Bertz CT molecular complexity index is 832. The van der Waals surface area contributed by atoms with Crippen molar-refractivity contribution in [2.24, 2.45) is 0 Å². The number of alkyl halides is 3. The van der Waals surface area contributed by atoms with Crippen LogP contribution in [0.25, 0.3) is 0 Å². The van der Waals surface area contributed by atoms with Crippen LogP contribution in [0.4, 0.5) is 18.0 Å². The molecule has 1 saturated heterocycles. The number of nitrogens with one attached hydrogen (secondary N) is 2. The fourth-order valence-electron chi connectivity index (χ4n) is 3.36. The minimum Gasteiger partial charge on any atom is -0.354 e. The van der Waals surface area contributed by atoms with E-state index in [2.05, 4.69) is 15.6 Å². The van der Waals surface area contributed by atoms with Crippen LogP contribution in [0.1, 0.15) is 45.1 Å². The smallest absolute Gasteiger partial charge is 0.354 e. The van der Waals surface area contributed by atoms with Crippen molar-refractivity contribution in [3.63, 3.8) is 0 Å². The Kier molecular flexibility index (Phi) is 8.58. The molecule has 1 aromatic heterocycles. The fourth-order valence-corrected chi connectivity index (χ4v) is 4.41. The zero-order valence-electron chi connectivity index (χ0n) is 17.1. The van der Waals surface area contributed by atoms with Gasteiger partial charge in [0, 0.05) is 18.5 Å². The Labute approximate surface area is 187 Å². The molecule has 2 rings (SSSR count). The lowest BCUT2D eigenvalue weighted by Crippen LogP contribution is -2.47. The lowest BCUT2D eigenvalue weighted by atomic mass is 9.88. The highest BCUT2D eigenvalue weighted by Crippen LogP contribution is 2.33. The maximum Gasteiger partial charge on any atom is 0.417 e. The molecule has 1 aliphatic heterocycles. The van der Waals surface area contributed by atoms with Gasteiger partial charge in [0.25, 0.3) is 5.91 Å². The molecule has 0 radical (unpaired) electrons. The number of hydrogen-bond donors (Lipinski definition) is 2. The number of carbonyl (C=O) groups is 3. The van der Waals surface area contributed by atoms with Crippen molar-refractivity contribution in [3.05, 3.63) is 22.8 Å². The first-order valence-corrected chi connectivity index (χ1v) is 11.2. The van der Waals surface area contributed by atoms with E-state index in [0.29, 0.717) is 37.6 Å². The molecule has 12 heteroatoms. The van der Waals surface area contributed by atoms with Crippen LogP contribution in [0.5, 0.6) is 0 Å². The van der Waals surface area contributed by atoms with E-state index in [1.807, 2.05) is 13.8 Å². The van der Waals surface area contributed by atoms with Crippen molar-refractivity contribution >= 4 is 41.2 Å². The normalized spacial score (nSPS) is 15.9. The summed E-state index contributed by atoms with van der Waals surface area (Å²) in [6.07, 6.45) is -1.40. The molecule has 0 saturated carbocycles. The number of imide groups is 1. The minimum absolute atomic E-state index is 0.131. The molecule has 31 heavy (non-hydrogen) atoms. The van der Waals surface area contributed by atoms with Gasteiger partial charge in [0.05, 0.1) is 10.6 Å². The number of carbonyl (C=O) groups excluding carboxylic acids is 3. The average Bonchev–Trinajstić information content (AvgIpc) is 2.90. The topological polar surface area (TPSA) is 91.4 Å². The third kappa shape index (κ3) is 6.25. The summed E-state index contributed by atoms with van der Waals surface area (Å²) >= 11 is 6.92. The zero-order chi connectivity index (χ0) is 23.2. The Morgan fingerprint density at radius 3 is 2.48 bits per heavy atom. The Morgan fingerprint density at radius 1 is 1.29 bits per heavy atom. The summed E-state index contributed by atoms with van der Waals surface area (Å²) in [7, 11) is 0. The van der Waals surface area contributed by atoms with Gasteiger partial charge in [0.15, 0.2) is 0 Å². The predicted molar refractivity (Wildman–Crippen MR) is 111 cm³/mol. The van der Waals surface area contributed by atoms with Crippen molar-refractivity contribution in [1.82, 2.24) is 20.5 Å². The van der Waals surface area contributed by atoms with E-state index >= 15 is 0 Å². The highest BCUT2D eigenvalue weighted by atomic mass is 35.5. The van der Waals surface area contributed by atoms with E-state index in [9.17, 15) is 27.6 Å². The Hall–Kier alpha value is -2.01. The Balaban J connectivity index is 1.85. The van der Waals surface area contributed by atoms with Crippen LogP contribution < -0.4 is 10.6 Å². The van der Waals surface area contributed by atoms with E-state index in [1.165, 1.54) is 0 Å². The molecule has 1 aliphatic rings. The highest BCUT2D eigenvalue weighted by Gasteiger charge is 2.50. The number of thioether (sulfide) groups is 1. The van der Waals surface area contributed by atoms with Gasteiger partial charge in [-0.1, -0.05) is 38.3 Å². The van der Waals surface area contributed by atoms with Crippen LogP contribution in [-0.2, 0) is 15.8 Å². The number of urea groups is 1. The van der Waals surface area contributed by atoms with Crippen LogP contribution in [0.15, 0.2) is 17.3 Å². The van der Waals surface area contributed by atoms with E-state index < -0.39 is 41.7 Å². The number of nitrogens with zero attached hydrogens (tertiary/aromatic N) is 2. The molecule has 2 heterocycles. The first-order valence-electron chi connectivity index (χ1n) is 9.80. The second-order valence-electron chi connectivity index (χ2n) is 7.11. The monoisotopic (exact) mass is 480 g/mol. The number of hydrogen-bond acceptors (Lipinski definition) is 5. The lowest BCUT2D eigenvalue weighted by Gasteiger charge is -2.25. The highest BCUT2D eigenvalue weighted by molar-refractivity contribution is 7.99. The first kappa shape index (κ1) is 25.3. The molecule has 0 unspecified atom stereocenters. The van der Waals surface area contributed by atoms with Crippen molar-refractivity contribution < 1.29 is 27.6 Å². The number of aromatic nitrogens is 1. The Morgan fingerprint density at radius 2 is 1.94 bits per heavy atom. The van der Waals surface area contributed by atoms with Gasteiger partial charge in [-0.3, -0.25) is 14.5 Å².